The smallest absolute Gasteiger partial charge is 0.358 e. The average Bonchev–Trinajstić information content (AvgIpc) is 3.21. The number of hydrogen-bond acceptors (Lipinski definition) is 5. The Morgan fingerprint density at radius 1 is 1.28 bits per heavy atom. The van der Waals surface area contributed by atoms with Gasteiger partial charge in [0.25, 0.3) is 0 Å². The van der Waals surface area contributed by atoms with Crippen LogP contribution in [0, 0.1) is 6.92 Å². The third kappa shape index (κ3) is 4.07. The first-order valence-corrected chi connectivity index (χ1v) is 8.54. The molecule has 25 heavy (non-hydrogen) atoms. The number of rotatable bonds is 5. The molecule has 0 aromatic carbocycles. The van der Waals surface area contributed by atoms with Gasteiger partial charge in [0.05, 0.1) is 18.8 Å². The van der Waals surface area contributed by atoms with E-state index >= 15 is 0 Å². The normalized spacial score (nSPS) is 15.1. The first-order valence-electron chi connectivity index (χ1n) is 8.54. The van der Waals surface area contributed by atoms with Gasteiger partial charge in [0, 0.05) is 12.3 Å². The van der Waals surface area contributed by atoms with Crippen molar-refractivity contribution < 1.29 is 14.3 Å². The van der Waals surface area contributed by atoms with Crippen LogP contribution in [0.25, 0.3) is 0 Å². The lowest BCUT2D eigenvalue weighted by Gasteiger charge is -2.23. The number of nitrogens with zero attached hydrogens (tertiary/aromatic N) is 4. The molecule has 0 bridgehead atoms. The minimum Gasteiger partial charge on any atom is -0.464 e. The first kappa shape index (κ1) is 17.2. The molecule has 0 saturated heterocycles. The molecule has 2 aromatic heterocycles. The number of ether oxygens (including phenoxy) is 1. The molecule has 2 heterocycles. The molecule has 1 fully saturated rings. The molecule has 1 amide bonds. The van der Waals surface area contributed by atoms with E-state index < -0.39 is 5.97 Å². The summed E-state index contributed by atoms with van der Waals surface area (Å²) in [5, 5.41) is 11.5. The number of hydrogen-bond donors (Lipinski definition) is 1. The van der Waals surface area contributed by atoms with Crippen LogP contribution in [0.4, 0.5) is 5.82 Å². The van der Waals surface area contributed by atoms with Crippen LogP contribution >= 0.6 is 0 Å². The van der Waals surface area contributed by atoms with E-state index in [1.807, 2.05) is 17.7 Å². The fourth-order valence-electron chi connectivity index (χ4n) is 3.21. The molecule has 1 N–H and O–H groups in total. The van der Waals surface area contributed by atoms with Crippen molar-refractivity contribution in [2.75, 3.05) is 12.4 Å². The van der Waals surface area contributed by atoms with E-state index in [0.29, 0.717) is 6.04 Å². The van der Waals surface area contributed by atoms with E-state index in [9.17, 15) is 9.59 Å². The molecule has 0 spiro atoms. The van der Waals surface area contributed by atoms with Crippen molar-refractivity contribution in [2.45, 2.75) is 51.6 Å². The van der Waals surface area contributed by atoms with E-state index in [2.05, 4.69) is 20.3 Å². The zero-order chi connectivity index (χ0) is 17.8. The quantitative estimate of drug-likeness (QED) is 0.840. The second-order valence-corrected chi connectivity index (χ2v) is 6.35. The van der Waals surface area contributed by atoms with Crippen LogP contribution in [0.1, 0.15) is 54.3 Å². The number of esters is 1. The summed E-state index contributed by atoms with van der Waals surface area (Å²) in [6.45, 7) is 1.94. The molecule has 0 radical (unpaired) electrons. The van der Waals surface area contributed by atoms with Gasteiger partial charge in [0.1, 0.15) is 12.4 Å². The summed E-state index contributed by atoms with van der Waals surface area (Å²) in [6, 6.07) is 3.75. The Bertz CT molecular complexity index is 758. The Hall–Kier alpha value is -2.64. The number of amides is 1. The number of anilines is 1. The third-order valence-corrected chi connectivity index (χ3v) is 4.39. The molecule has 134 valence electrons. The summed E-state index contributed by atoms with van der Waals surface area (Å²) in [5.74, 6) is -0.0172. The topological polar surface area (TPSA) is 91.0 Å². The van der Waals surface area contributed by atoms with Gasteiger partial charge in [-0.1, -0.05) is 19.3 Å². The number of aromatic nitrogens is 4. The van der Waals surface area contributed by atoms with Gasteiger partial charge in [0.15, 0.2) is 5.69 Å². The molecule has 8 heteroatoms. The second kappa shape index (κ2) is 7.50. The van der Waals surface area contributed by atoms with Gasteiger partial charge in [-0.2, -0.15) is 10.2 Å². The van der Waals surface area contributed by atoms with Gasteiger partial charge >= 0.3 is 5.97 Å². The summed E-state index contributed by atoms with van der Waals surface area (Å²) >= 11 is 0. The first-order chi connectivity index (χ1) is 12.1. The Morgan fingerprint density at radius 3 is 2.76 bits per heavy atom. The van der Waals surface area contributed by atoms with Gasteiger partial charge < -0.3 is 10.1 Å². The molecule has 0 aliphatic heterocycles. The molecular weight excluding hydrogens is 322 g/mol. The van der Waals surface area contributed by atoms with Gasteiger partial charge in [-0.3, -0.25) is 9.48 Å². The predicted octanol–water partition coefficient (Wildman–Crippen LogP) is 2.32. The van der Waals surface area contributed by atoms with Crippen LogP contribution in [0.2, 0.25) is 0 Å². The van der Waals surface area contributed by atoms with Gasteiger partial charge in [-0.05, 0) is 25.8 Å². The predicted molar refractivity (Wildman–Crippen MR) is 91.3 cm³/mol. The monoisotopic (exact) mass is 345 g/mol. The van der Waals surface area contributed by atoms with Crippen LogP contribution in [0.5, 0.6) is 0 Å². The van der Waals surface area contributed by atoms with Crippen molar-refractivity contribution in [2.24, 2.45) is 0 Å². The second-order valence-electron chi connectivity index (χ2n) is 6.35. The van der Waals surface area contributed by atoms with Crippen LogP contribution in [-0.2, 0) is 16.1 Å². The number of nitrogens with one attached hydrogen (secondary N) is 1. The molecule has 0 atom stereocenters. The molecule has 3 rings (SSSR count). The Balaban J connectivity index is 1.66. The van der Waals surface area contributed by atoms with E-state index in [1.165, 1.54) is 37.1 Å². The van der Waals surface area contributed by atoms with Crippen molar-refractivity contribution in [1.29, 1.82) is 0 Å². The number of aryl methyl sites for hydroxylation is 1. The fourth-order valence-corrected chi connectivity index (χ4v) is 3.21. The summed E-state index contributed by atoms with van der Waals surface area (Å²) in [5.41, 5.74) is 1.06. The Labute approximate surface area is 146 Å². The highest BCUT2D eigenvalue weighted by Crippen LogP contribution is 2.30. The molecular formula is C17H23N5O3. The SMILES string of the molecule is COC(=O)c1ccn(CC(=O)Nc2cc(C)nn2C2CCCCC2)n1. The van der Waals surface area contributed by atoms with Crippen LogP contribution in [-0.4, -0.2) is 38.5 Å². The lowest BCUT2D eigenvalue weighted by molar-refractivity contribution is -0.117. The summed E-state index contributed by atoms with van der Waals surface area (Å²) in [4.78, 5) is 23.8. The van der Waals surface area contributed by atoms with E-state index in [4.69, 9.17) is 0 Å². The van der Waals surface area contributed by atoms with Crippen LogP contribution in [0.3, 0.4) is 0 Å². The van der Waals surface area contributed by atoms with Gasteiger partial charge in [-0.15, -0.1) is 0 Å². The maximum Gasteiger partial charge on any atom is 0.358 e. The van der Waals surface area contributed by atoms with Crippen molar-refractivity contribution in [1.82, 2.24) is 19.6 Å². The molecule has 0 unspecified atom stereocenters. The largest absolute Gasteiger partial charge is 0.464 e. The average molecular weight is 345 g/mol. The number of carbonyl (C=O) groups excluding carboxylic acids is 2. The highest BCUT2D eigenvalue weighted by atomic mass is 16.5. The summed E-state index contributed by atoms with van der Waals surface area (Å²) in [7, 11) is 1.29. The zero-order valence-corrected chi connectivity index (χ0v) is 14.6. The van der Waals surface area contributed by atoms with E-state index in [-0.39, 0.29) is 18.1 Å². The van der Waals surface area contributed by atoms with E-state index in [0.717, 1.165) is 24.4 Å². The van der Waals surface area contributed by atoms with Gasteiger partial charge in [0.2, 0.25) is 5.91 Å². The van der Waals surface area contributed by atoms with E-state index in [1.54, 1.807) is 6.20 Å². The van der Waals surface area contributed by atoms with Crippen molar-refractivity contribution in [3.8, 4) is 0 Å². The molecule has 8 nitrogen and oxygen atoms in total. The van der Waals surface area contributed by atoms with Gasteiger partial charge in [-0.25, -0.2) is 9.48 Å². The molecule has 1 aliphatic carbocycles. The maximum atomic E-state index is 12.3. The lowest BCUT2D eigenvalue weighted by Crippen LogP contribution is -2.23. The summed E-state index contributed by atoms with van der Waals surface area (Å²) < 4.78 is 7.96. The maximum absolute atomic E-state index is 12.3. The number of carbonyl (C=O) groups is 2. The third-order valence-electron chi connectivity index (χ3n) is 4.39. The zero-order valence-electron chi connectivity index (χ0n) is 14.6. The molecule has 1 saturated carbocycles. The van der Waals surface area contributed by atoms with Crippen molar-refractivity contribution >= 4 is 17.7 Å². The Kier molecular flexibility index (Phi) is 5.16. The fraction of sp³-hybridized carbons (Fsp3) is 0.529. The standard InChI is InChI=1S/C17H23N5O3/c1-12-10-15(22(19-12)13-6-4-3-5-7-13)18-16(23)11-21-9-8-14(20-21)17(24)25-2/h8-10,13H,3-7,11H2,1-2H3,(H,18,23). The summed E-state index contributed by atoms with van der Waals surface area (Å²) in [6.07, 6.45) is 7.41. The van der Waals surface area contributed by atoms with Crippen LogP contribution in [0.15, 0.2) is 18.3 Å². The molecule has 1 aliphatic rings. The minimum absolute atomic E-state index is 0.0197. The highest BCUT2D eigenvalue weighted by Gasteiger charge is 2.20. The van der Waals surface area contributed by atoms with Crippen molar-refractivity contribution in [3.63, 3.8) is 0 Å². The Morgan fingerprint density at radius 2 is 2.04 bits per heavy atom. The molecule has 2 aromatic rings. The number of methoxy groups -OCH3 is 1. The van der Waals surface area contributed by atoms with Crippen molar-refractivity contribution in [3.05, 3.63) is 29.7 Å². The van der Waals surface area contributed by atoms with Crippen LogP contribution < -0.4 is 5.32 Å². The minimum atomic E-state index is -0.523. The highest BCUT2D eigenvalue weighted by molar-refractivity contribution is 5.90. The lowest BCUT2D eigenvalue weighted by atomic mass is 9.96.